The Labute approximate surface area is 241 Å². The number of thioether (sulfide) groups is 2. The van der Waals surface area contributed by atoms with Crippen LogP contribution in [0, 0.1) is 0 Å². The van der Waals surface area contributed by atoms with E-state index in [1.54, 1.807) is 0 Å². The number of carbonyl (C=O) groups excluding carboxylic acids is 3. The van der Waals surface area contributed by atoms with E-state index in [9.17, 15) is 37.5 Å². The maximum absolute atomic E-state index is 13.0. The number of alkyl halides is 3. The molecule has 218 valence electrons. The number of nitrogens with zero attached hydrogens (tertiary/aromatic N) is 4. The average molecular weight is 633 g/mol. The van der Waals surface area contributed by atoms with E-state index < -0.39 is 60.2 Å². The highest BCUT2D eigenvalue weighted by molar-refractivity contribution is 8.01. The van der Waals surface area contributed by atoms with Crippen LogP contribution in [0.1, 0.15) is 5.69 Å². The lowest BCUT2D eigenvalue weighted by atomic mass is 10.0. The number of fused-ring (bicyclic) bond motifs is 1. The van der Waals surface area contributed by atoms with Crippen molar-refractivity contribution in [2.45, 2.75) is 29.0 Å². The molecule has 0 bridgehead atoms. The van der Waals surface area contributed by atoms with E-state index in [4.69, 9.17) is 10.8 Å². The maximum Gasteiger partial charge on any atom is 0.448 e. The molecule has 0 spiro atoms. The molecule has 2 aliphatic heterocycles. The molecule has 4 rings (SSSR count). The van der Waals surface area contributed by atoms with Crippen molar-refractivity contribution in [3.8, 4) is 0 Å². The molecular formula is C22H19F3N6O7S3. The number of hydrogen-bond acceptors (Lipinski definition) is 12. The summed E-state index contributed by atoms with van der Waals surface area (Å²) in [6, 6.07) is 1.78. The largest absolute Gasteiger partial charge is 0.543 e. The summed E-state index contributed by atoms with van der Waals surface area (Å²) < 4.78 is 38.6. The summed E-state index contributed by atoms with van der Waals surface area (Å²) in [5, 5.41) is 27.4. The molecule has 2 atom stereocenters. The van der Waals surface area contributed by atoms with Crippen LogP contribution in [-0.4, -0.2) is 80.2 Å². The average Bonchev–Trinajstić information content (AvgIpc) is 3.33. The first-order valence-corrected chi connectivity index (χ1v) is 14.3. The first kappa shape index (κ1) is 30.1. The number of nitrogens with two attached hydrogens (primary N) is 1. The third-order valence-corrected chi connectivity index (χ3v) is 8.60. The van der Waals surface area contributed by atoms with Crippen molar-refractivity contribution in [2.75, 3.05) is 23.8 Å². The van der Waals surface area contributed by atoms with Gasteiger partial charge in [0, 0.05) is 33.9 Å². The topological polar surface area (TPSA) is 191 Å². The van der Waals surface area contributed by atoms with E-state index in [-0.39, 0.29) is 28.0 Å². The number of pyridine rings is 1. The van der Waals surface area contributed by atoms with E-state index in [1.165, 1.54) is 53.4 Å². The third kappa shape index (κ3) is 7.27. The third-order valence-electron chi connectivity index (χ3n) is 5.49. The summed E-state index contributed by atoms with van der Waals surface area (Å²) >= 11 is 3.35. The van der Waals surface area contributed by atoms with Crippen molar-refractivity contribution < 1.29 is 52.0 Å². The zero-order valence-corrected chi connectivity index (χ0v) is 22.9. The van der Waals surface area contributed by atoms with E-state index >= 15 is 0 Å². The van der Waals surface area contributed by atoms with Gasteiger partial charge >= 0.3 is 12.1 Å². The van der Waals surface area contributed by atoms with Gasteiger partial charge in [-0.05, 0) is 5.57 Å². The van der Waals surface area contributed by atoms with Gasteiger partial charge in [-0.15, -0.1) is 34.9 Å². The predicted octanol–water partition coefficient (Wildman–Crippen LogP) is -0.423. The molecule has 0 aliphatic carbocycles. The van der Waals surface area contributed by atoms with Crippen LogP contribution in [0.25, 0.3) is 0 Å². The van der Waals surface area contributed by atoms with Crippen molar-refractivity contribution >= 4 is 69.5 Å². The van der Waals surface area contributed by atoms with Gasteiger partial charge in [-0.2, -0.15) is 17.7 Å². The van der Waals surface area contributed by atoms with Crippen LogP contribution in [0.5, 0.6) is 0 Å². The van der Waals surface area contributed by atoms with E-state index in [0.29, 0.717) is 10.5 Å². The zero-order valence-electron chi connectivity index (χ0n) is 20.5. The molecule has 4 heterocycles. The summed E-state index contributed by atoms with van der Waals surface area (Å²) in [5.41, 5.74) is 5.17. The highest BCUT2D eigenvalue weighted by atomic mass is 32.2. The summed E-state index contributed by atoms with van der Waals surface area (Å²) in [4.78, 5) is 58.9. The van der Waals surface area contributed by atoms with Gasteiger partial charge in [-0.3, -0.25) is 14.5 Å². The Morgan fingerprint density at radius 2 is 2.05 bits per heavy atom. The number of nitrogens with one attached hydrogen (secondary N) is 1. The Balaban J connectivity index is 1.45. The van der Waals surface area contributed by atoms with Gasteiger partial charge in [0.1, 0.15) is 17.1 Å². The molecule has 1 saturated heterocycles. The highest BCUT2D eigenvalue weighted by Crippen LogP contribution is 2.41. The standard InChI is InChI=1S/C22H19F3N6O7S3/c23-22(24,25)9-30-3-1-11(2-4-30)39-6-10-7-40-19-15(18(35)31(19)16(10)20(36)37)28-17(34)14(29-38-5-13(32)33)12-8-41-21(26)27-12/h1-4,8,15,19H,5-7,9H2,(H4-,26,27,28,32,33,34,36,37)/b29-14-/t15-,19-/m1/s1. The minimum absolute atomic E-state index is 0.0187. The SMILES string of the molecule is Nc1nc(/C(=N/OCC(=O)O)C(=O)N[C@@H]2C(=O)N3C(C(=O)[O-])=C(CSc4cc[n+](CC(F)(F)F)cc4)CS[C@H]23)cs1. The molecule has 2 amide bonds. The lowest BCUT2D eigenvalue weighted by Gasteiger charge is -2.50. The number of halogens is 3. The second-order valence-corrected chi connectivity index (χ2v) is 11.4. The summed E-state index contributed by atoms with van der Waals surface area (Å²) in [6.45, 7) is -1.99. The second kappa shape index (κ2) is 12.4. The van der Waals surface area contributed by atoms with E-state index in [2.05, 4.69) is 20.3 Å². The van der Waals surface area contributed by atoms with Crippen molar-refractivity contribution in [3.05, 3.63) is 46.9 Å². The van der Waals surface area contributed by atoms with Crippen LogP contribution >= 0.6 is 34.9 Å². The quantitative estimate of drug-likeness (QED) is 0.0958. The Bertz CT molecular complexity index is 1430. The minimum atomic E-state index is -4.37. The van der Waals surface area contributed by atoms with Crippen molar-refractivity contribution in [1.29, 1.82) is 0 Å². The number of β-lactam (4-membered cyclic amide) rings is 1. The Morgan fingerprint density at radius 1 is 1.34 bits per heavy atom. The molecule has 0 unspecified atom stereocenters. The summed E-state index contributed by atoms with van der Waals surface area (Å²) in [7, 11) is 0. The van der Waals surface area contributed by atoms with Gasteiger partial charge < -0.3 is 30.9 Å². The maximum atomic E-state index is 13.0. The smallest absolute Gasteiger partial charge is 0.448 e. The van der Waals surface area contributed by atoms with Crippen molar-refractivity contribution in [1.82, 2.24) is 15.2 Å². The molecule has 13 nitrogen and oxygen atoms in total. The number of carbonyl (C=O) groups is 4. The number of hydrogen-bond donors (Lipinski definition) is 3. The van der Waals surface area contributed by atoms with Gasteiger partial charge in [0.25, 0.3) is 11.8 Å². The molecule has 2 aliphatic rings. The number of oxime groups is 1. The van der Waals surface area contributed by atoms with E-state index in [1.807, 2.05) is 0 Å². The number of aliphatic carboxylic acids is 2. The van der Waals surface area contributed by atoms with Gasteiger partial charge in [0.05, 0.1) is 11.7 Å². The van der Waals surface area contributed by atoms with Crippen LogP contribution < -0.4 is 20.7 Å². The number of amides is 2. The summed E-state index contributed by atoms with van der Waals surface area (Å²) in [6.07, 6.45) is -1.86. The number of carboxylic acid groups (broad SMARTS) is 2. The summed E-state index contributed by atoms with van der Waals surface area (Å²) in [5.74, 6) is -4.30. The number of anilines is 1. The van der Waals surface area contributed by atoms with Gasteiger partial charge in [0.2, 0.25) is 13.2 Å². The lowest BCUT2D eigenvalue weighted by Crippen LogP contribution is -2.71. The van der Waals surface area contributed by atoms with Gasteiger partial charge in [0.15, 0.2) is 23.2 Å². The first-order valence-electron chi connectivity index (χ1n) is 11.3. The molecule has 41 heavy (non-hydrogen) atoms. The molecule has 2 aromatic rings. The second-order valence-electron chi connectivity index (χ2n) is 8.39. The first-order chi connectivity index (χ1) is 19.3. The molecule has 1 fully saturated rings. The zero-order chi connectivity index (χ0) is 29.9. The monoisotopic (exact) mass is 632 g/mol. The van der Waals surface area contributed by atoms with Crippen molar-refractivity contribution in [3.63, 3.8) is 0 Å². The number of aromatic nitrogens is 2. The van der Waals surface area contributed by atoms with Crippen LogP contribution in [0.4, 0.5) is 18.3 Å². The van der Waals surface area contributed by atoms with Gasteiger partial charge in [-0.25, -0.2) is 9.78 Å². The fourth-order valence-electron chi connectivity index (χ4n) is 3.77. The number of thiazole rings is 1. The molecule has 0 saturated carbocycles. The minimum Gasteiger partial charge on any atom is -0.543 e. The fourth-order valence-corrected chi connectivity index (χ4v) is 6.68. The number of carboxylic acids is 2. The molecule has 0 aromatic carbocycles. The Kier molecular flexibility index (Phi) is 9.08. The van der Waals surface area contributed by atoms with Crippen LogP contribution in [-0.2, 0) is 30.6 Å². The molecular weight excluding hydrogens is 613 g/mol. The fraction of sp³-hybridized carbons (Fsp3) is 0.318. The van der Waals surface area contributed by atoms with Gasteiger partial charge in [-0.1, -0.05) is 5.16 Å². The Hall–Kier alpha value is -3.84. The molecule has 0 radical (unpaired) electrons. The molecule has 4 N–H and O–H groups in total. The van der Waals surface area contributed by atoms with Crippen LogP contribution in [0.2, 0.25) is 0 Å². The normalized spacial score (nSPS) is 19.0. The molecule has 2 aromatic heterocycles. The Morgan fingerprint density at radius 3 is 2.63 bits per heavy atom. The van der Waals surface area contributed by atoms with Crippen LogP contribution in [0.3, 0.4) is 0 Å². The van der Waals surface area contributed by atoms with Crippen molar-refractivity contribution in [2.24, 2.45) is 5.16 Å². The lowest BCUT2D eigenvalue weighted by molar-refractivity contribution is -0.719. The number of nitrogen functional groups attached to an aromatic ring is 1. The highest BCUT2D eigenvalue weighted by Gasteiger charge is 2.53. The number of rotatable bonds is 11. The predicted molar refractivity (Wildman–Crippen MR) is 137 cm³/mol. The molecule has 19 heteroatoms. The van der Waals surface area contributed by atoms with E-state index in [0.717, 1.165) is 20.8 Å². The van der Waals surface area contributed by atoms with Crippen LogP contribution in [0.15, 0.2) is 51.2 Å².